The molecule has 0 bridgehead atoms. The Bertz CT molecular complexity index is 141. The van der Waals surface area contributed by atoms with Gasteiger partial charge in [-0.25, -0.2) is 0 Å². The van der Waals surface area contributed by atoms with Crippen molar-refractivity contribution in [1.29, 1.82) is 0 Å². The summed E-state index contributed by atoms with van der Waals surface area (Å²) >= 11 is 0. The highest BCUT2D eigenvalue weighted by molar-refractivity contribution is 4.75. The van der Waals surface area contributed by atoms with E-state index in [0.717, 1.165) is 32.7 Å². The Morgan fingerprint density at radius 1 is 1.36 bits per heavy atom. The van der Waals surface area contributed by atoms with Crippen molar-refractivity contribution in [1.82, 2.24) is 5.32 Å². The van der Waals surface area contributed by atoms with Crippen LogP contribution in [-0.4, -0.2) is 37.5 Å². The van der Waals surface area contributed by atoms with Crippen LogP contribution in [0, 0.1) is 5.92 Å². The van der Waals surface area contributed by atoms with Gasteiger partial charge >= 0.3 is 0 Å². The Morgan fingerprint density at radius 2 is 2.14 bits per heavy atom. The second-order valence-electron chi connectivity index (χ2n) is 4.01. The van der Waals surface area contributed by atoms with E-state index in [0.29, 0.717) is 5.92 Å². The van der Waals surface area contributed by atoms with Gasteiger partial charge in [0.25, 0.3) is 0 Å². The lowest BCUT2D eigenvalue weighted by atomic mass is 9.86. The van der Waals surface area contributed by atoms with E-state index < -0.39 is 0 Å². The van der Waals surface area contributed by atoms with E-state index in [9.17, 15) is 5.11 Å². The van der Waals surface area contributed by atoms with Gasteiger partial charge in [-0.3, -0.25) is 0 Å². The lowest BCUT2D eigenvalue weighted by Gasteiger charge is -2.27. The van der Waals surface area contributed by atoms with Crippen molar-refractivity contribution in [3.05, 3.63) is 0 Å². The molecule has 0 aromatic carbocycles. The van der Waals surface area contributed by atoms with E-state index in [2.05, 4.69) is 5.32 Å². The first-order valence-corrected chi connectivity index (χ1v) is 5.81. The number of nitrogens with one attached hydrogen (secondary N) is 1. The zero-order valence-corrected chi connectivity index (χ0v) is 9.17. The van der Waals surface area contributed by atoms with Gasteiger partial charge < -0.3 is 15.2 Å². The molecule has 1 fully saturated rings. The Kier molecular flexibility index (Phi) is 6.15. The molecular weight excluding hydrogens is 178 g/mol. The fraction of sp³-hybridized carbons (Fsp3) is 1.00. The molecule has 14 heavy (non-hydrogen) atoms. The highest BCUT2D eigenvalue weighted by Gasteiger charge is 2.21. The first-order valence-electron chi connectivity index (χ1n) is 5.81. The molecule has 2 unspecified atom stereocenters. The molecule has 1 aliphatic rings. The average molecular weight is 201 g/mol. The van der Waals surface area contributed by atoms with Crippen molar-refractivity contribution in [2.45, 2.75) is 38.7 Å². The van der Waals surface area contributed by atoms with E-state index in [-0.39, 0.29) is 6.10 Å². The van der Waals surface area contributed by atoms with Crippen LogP contribution in [0.5, 0.6) is 0 Å². The molecule has 0 spiro atoms. The average Bonchev–Trinajstić information content (AvgIpc) is 2.20. The van der Waals surface area contributed by atoms with Crippen LogP contribution in [0.1, 0.15) is 32.6 Å². The third-order valence-electron chi connectivity index (χ3n) is 2.90. The molecule has 3 nitrogen and oxygen atoms in total. The van der Waals surface area contributed by atoms with Crippen LogP contribution in [0.25, 0.3) is 0 Å². The Labute approximate surface area is 86.8 Å². The molecule has 0 saturated heterocycles. The van der Waals surface area contributed by atoms with Gasteiger partial charge in [0.05, 0.1) is 12.7 Å². The monoisotopic (exact) mass is 201 g/mol. The number of rotatable bonds is 6. The Hall–Kier alpha value is -0.120. The van der Waals surface area contributed by atoms with Crippen LogP contribution >= 0.6 is 0 Å². The van der Waals surface area contributed by atoms with Crippen molar-refractivity contribution in [3.8, 4) is 0 Å². The summed E-state index contributed by atoms with van der Waals surface area (Å²) in [4.78, 5) is 0. The third-order valence-corrected chi connectivity index (χ3v) is 2.90. The number of ether oxygens (including phenoxy) is 1. The van der Waals surface area contributed by atoms with Gasteiger partial charge in [0, 0.05) is 19.7 Å². The van der Waals surface area contributed by atoms with Crippen molar-refractivity contribution in [2.75, 3.05) is 26.3 Å². The quantitative estimate of drug-likeness (QED) is 0.634. The normalized spacial score (nSPS) is 27.9. The molecule has 1 aliphatic carbocycles. The topological polar surface area (TPSA) is 41.5 Å². The minimum atomic E-state index is -0.0802. The van der Waals surface area contributed by atoms with Crippen molar-refractivity contribution in [2.24, 2.45) is 5.92 Å². The summed E-state index contributed by atoms with van der Waals surface area (Å²) in [6, 6.07) is 0. The maximum atomic E-state index is 9.70. The van der Waals surface area contributed by atoms with Gasteiger partial charge in [-0.15, -0.1) is 0 Å². The van der Waals surface area contributed by atoms with E-state index in [1.807, 2.05) is 6.92 Å². The number of hydrogen-bond donors (Lipinski definition) is 2. The molecule has 1 saturated carbocycles. The summed E-state index contributed by atoms with van der Waals surface area (Å²) in [7, 11) is 0. The summed E-state index contributed by atoms with van der Waals surface area (Å²) in [6.07, 6.45) is 4.54. The number of aliphatic hydroxyl groups is 1. The molecule has 0 aliphatic heterocycles. The summed E-state index contributed by atoms with van der Waals surface area (Å²) in [5, 5.41) is 13.0. The minimum absolute atomic E-state index is 0.0802. The molecule has 0 radical (unpaired) electrons. The van der Waals surface area contributed by atoms with Gasteiger partial charge in [-0.2, -0.15) is 0 Å². The molecule has 84 valence electrons. The van der Waals surface area contributed by atoms with Crippen LogP contribution in [-0.2, 0) is 4.74 Å². The van der Waals surface area contributed by atoms with E-state index in [1.54, 1.807) is 0 Å². The second kappa shape index (κ2) is 7.21. The lowest BCUT2D eigenvalue weighted by Crippen LogP contribution is -2.35. The zero-order valence-electron chi connectivity index (χ0n) is 9.17. The molecule has 2 N–H and O–H groups in total. The highest BCUT2D eigenvalue weighted by Crippen LogP contribution is 2.23. The zero-order chi connectivity index (χ0) is 10.2. The van der Waals surface area contributed by atoms with Gasteiger partial charge in [0.15, 0.2) is 0 Å². The van der Waals surface area contributed by atoms with Gasteiger partial charge in [-0.1, -0.05) is 12.8 Å². The Balaban J connectivity index is 1.99. The van der Waals surface area contributed by atoms with E-state index in [4.69, 9.17) is 4.74 Å². The molecule has 2 atom stereocenters. The molecular formula is C11H23NO2. The van der Waals surface area contributed by atoms with Crippen LogP contribution in [0.15, 0.2) is 0 Å². The molecule has 1 rings (SSSR count). The van der Waals surface area contributed by atoms with E-state index >= 15 is 0 Å². The molecule has 0 heterocycles. The van der Waals surface area contributed by atoms with Crippen LogP contribution in [0.2, 0.25) is 0 Å². The lowest BCUT2D eigenvalue weighted by molar-refractivity contribution is 0.0677. The third kappa shape index (κ3) is 4.40. The minimum Gasteiger partial charge on any atom is -0.393 e. The van der Waals surface area contributed by atoms with Crippen LogP contribution < -0.4 is 5.32 Å². The molecule has 0 aromatic rings. The number of hydrogen-bond acceptors (Lipinski definition) is 3. The fourth-order valence-corrected chi connectivity index (χ4v) is 2.00. The first-order chi connectivity index (χ1) is 6.84. The van der Waals surface area contributed by atoms with Crippen molar-refractivity contribution in [3.63, 3.8) is 0 Å². The van der Waals surface area contributed by atoms with Gasteiger partial charge in [-0.05, 0) is 25.7 Å². The molecule has 0 aromatic heterocycles. The summed E-state index contributed by atoms with van der Waals surface area (Å²) in [5.41, 5.74) is 0. The molecule has 3 heteroatoms. The standard InChI is InChI=1S/C11H23NO2/c1-2-14-8-7-12-9-10-5-3-4-6-11(10)13/h10-13H,2-9H2,1H3. The smallest absolute Gasteiger partial charge is 0.0590 e. The SMILES string of the molecule is CCOCCNCC1CCCCC1O. The summed E-state index contributed by atoms with van der Waals surface area (Å²) < 4.78 is 5.22. The van der Waals surface area contributed by atoms with Crippen molar-refractivity contribution < 1.29 is 9.84 Å². The largest absolute Gasteiger partial charge is 0.393 e. The Morgan fingerprint density at radius 3 is 2.86 bits per heavy atom. The highest BCUT2D eigenvalue weighted by atomic mass is 16.5. The maximum absolute atomic E-state index is 9.70. The van der Waals surface area contributed by atoms with E-state index in [1.165, 1.54) is 19.3 Å². The van der Waals surface area contributed by atoms with Crippen molar-refractivity contribution >= 4 is 0 Å². The summed E-state index contributed by atoms with van der Waals surface area (Å²) in [5.74, 6) is 0.463. The summed E-state index contributed by atoms with van der Waals surface area (Å²) in [6.45, 7) is 5.41. The fourth-order valence-electron chi connectivity index (χ4n) is 2.00. The first kappa shape index (κ1) is 12.0. The second-order valence-corrected chi connectivity index (χ2v) is 4.01. The van der Waals surface area contributed by atoms with Gasteiger partial charge in [0.2, 0.25) is 0 Å². The predicted octanol–water partition coefficient (Wildman–Crippen LogP) is 1.16. The van der Waals surface area contributed by atoms with Crippen LogP contribution in [0.3, 0.4) is 0 Å². The van der Waals surface area contributed by atoms with Gasteiger partial charge in [0.1, 0.15) is 0 Å². The predicted molar refractivity (Wildman–Crippen MR) is 57.3 cm³/mol. The molecule has 0 amide bonds. The number of aliphatic hydroxyl groups excluding tert-OH is 1. The maximum Gasteiger partial charge on any atom is 0.0590 e. The van der Waals surface area contributed by atoms with Crippen LogP contribution in [0.4, 0.5) is 0 Å².